The lowest BCUT2D eigenvalue weighted by Gasteiger charge is -2.10. The Hall–Kier alpha value is -2.35. The van der Waals surface area contributed by atoms with Crippen molar-refractivity contribution in [2.45, 2.75) is 26.2 Å². The molecule has 0 unspecified atom stereocenters. The van der Waals surface area contributed by atoms with Crippen molar-refractivity contribution in [1.29, 1.82) is 5.26 Å². The lowest BCUT2D eigenvalue weighted by atomic mass is 9.99. The van der Waals surface area contributed by atoms with Gasteiger partial charge < -0.3 is 9.47 Å². The number of ether oxygens (including phenoxy) is 2. The number of nitriles is 1. The highest BCUT2D eigenvalue weighted by atomic mass is 16.5. The summed E-state index contributed by atoms with van der Waals surface area (Å²) in [5, 5.41) is 8.70. The summed E-state index contributed by atoms with van der Waals surface area (Å²) < 4.78 is 9.58. The van der Waals surface area contributed by atoms with Gasteiger partial charge in [-0.3, -0.25) is 4.79 Å². The Morgan fingerprint density at radius 1 is 1.35 bits per heavy atom. The fraction of sp³-hybridized carbons (Fsp3) is 0.400. The maximum atomic E-state index is 11.9. The van der Waals surface area contributed by atoms with Crippen LogP contribution in [0, 0.1) is 11.3 Å². The second-order valence-corrected chi connectivity index (χ2v) is 4.12. The molecule has 0 aliphatic carbocycles. The molecule has 0 aliphatic rings. The molecule has 0 heterocycles. The number of benzene rings is 1. The van der Waals surface area contributed by atoms with Crippen molar-refractivity contribution in [1.82, 2.24) is 0 Å². The molecule has 5 heteroatoms. The van der Waals surface area contributed by atoms with Gasteiger partial charge in [-0.1, -0.05) is 12.1 Å². The smallest absolute Gasteiger partial charge is 0.338 e. The summed E-state index contributed by atoms with van der Waals surface area (Å²) in [6, 6.07) is 7.21. The molecule has 0 spiro atoms. The number of rotatable bonds is 6. The summed E-state index contributed by atoms with van der Waals surface area (Å²) in [6.07, 6.45) is 0.817. The first-order valence-electron chi connectivity index (χ1n) is 6.35. The van der Waals surface area contributed by atoms with Crippen molar-refractivity contribution in [2.24, 2.45) is 0 Å². The van der Waals surface area contributed by atoms with Crippen molar-refractivity contribution in [3.05, 3.63) is 34.9 Å². The van der Waals surface area contributed by atoms with Gasteiger partial charge in [0.25, 0.3) is 0 Å². The first-order valence-corrected chi connectivity index (χ1v) is 6.35. The van der Waals surface area contributed by atoms with E-state index in [1.807, 2.05) is 6.07 Å². The first-order chi connectivity index (χ1) is 9.62. The molecule has 1 aromatic carbocycles. The quantitative estimate of drug-likeness (QED) is 0.742. The molecule has 0 atom stereocenters. The van der Waals surface area contributed by atoms with E-state index >= 15 is 0 Å². The molecule has 1 aromatic rings. The van der Waals surface area contributed by atoms with Crippen LogP contribution in [0.2, 0.25) is 0 Å². The SMILES string of the molecule is CCOC(=O)c1cc(CC#N)ccc1CCC(=O)OC. The van der Waals surface area contributed by atoms with Gasteiger partial charge in [0.1, 0.15) is 0 Å². The third-order valence-electron chi connectivity index (χ3n) is 2.78. The van der Waals surface area contributed by atoms with Crippen LogP contribution in [0.1, 0.15) is 34.8 Å². The van der Waals surface area contributed by atoms with E-state index in [0.717, 1.165) is 11.1 Å². The monoisotopic (exact) mass is 275 g/mol. The largest absolute Gasteiger partial charge is 0.469 e. The third-order valence-corrected chi connectivity index (χ3v) is 2.78. The van der Waals surface area contributed by atoms with Crippen molar-refractivity contribution in [3.8, 4) is 6.07 Å². The second-order valence-electron chi connectivity index (χ2n) is 4.12. The lowest BCUT2D eigenvalue weighted by molar-refractivity contribution is -0.140. The fourth-order valence-electron chi connectivity index (χ4n) is 1.78. The van der Waals surface area contributed by atoms with E-state index < -0.39 is 5.97 Å². The van der Waals surface area contributed by atoms with Crippen LogP contribution in [-0.4, -0.2) is 25.7 Å². The molecular weight excluding hydrogens is 258 g/mol. The van der Waals surface area contributed by atoms with Crippen molar-refractivity contribution < 1.29 is 19.1 Å². The molecule has 20 heavy (non-hydrogen) atoms. The Morgan fingerprint density at radius 2 is 2.10 bits per heavy atom. The predicted molar refractivity (Wildman–Crippen MR) is 72.1 cm³/mol. The highest BCUT2D eigenvalue weighted by Gasteiger charge is 2.14. The molecule has 0 fully saturated rings. The van der Waals surface area contributed by atoms with Crippen LogP contribution >= 0.6 is 0 Å². The number of esters is 2. The zero-order chi connectivity index (χ0) is 15.0. The van der Waals surface area contributed by atoms with Crippen LogP contribution in [0.5, 0.6) is 0 Å². The van der Waals surface area contributed by atoms with Crippen LogP contribution in [0.4, 0.5) is 0 Å². The maximum absolute atomic E-state index is 11.9. The zero-order valence-corrected chi connectivity index (χ0v) is 11.6. The summed E-state index contributed by atoms with van der Waals surface area (Å²) in [5.74, 6) is -0.770. The Balaban J connectivity index is 2.99. The topological polar surface area (TPSA) is 76.4 Å². The number of nitrogens with zero attached hydrogens (tertiary/aromatic N) is 1. The van der Waals surface area contributed by atoms with Gasteiger partial charge in [0.15, 0.2) is 0 Å². The van der Waals surface area contributed by atoms with E-state index in [-0.39, 0.29) is 25.4 Å². The first kappa shape index (κ1) is 15.7. The van der Waals surface area contributed by atoms with Gasteiger partial charge in [0, 0.05) is 6.42 Å². The van der Waals surface area contributed by atoms with Crippen LogP contribution in [0.3, 0.4) is 0 Å². The van der Waals surface area contributed by atoms with E-state index in [1.165, 1.54) is 7.11 Å². The second kappa shape index (κ2) is 7.95. The predicted octanol–water partition coefficient (Wildman–Crippen LogP) is 2.03. The maximum Gasteiger partial charge on any atom is 0.338 e. The summed E-state index contributed by atoms with van der Waals surface area (Å²) >= 11 is 0. The van der Waals surface area contributed by atoms with Gasteiger partial charge in [-0.15, -0.1) is 0 Å². The minimum atomic E-state index is -0.438. The highest BCUT2D eigenvalue weighted by molar-refractivity contribution is 5.91. The van der Waals surface area contributed by atoms with Crippen LogP contribution in [0.15, 0.2) is 18.2 Å². The van der Waals surface area contributed by atoms with E-state index in [1.54, 1.807) is 25.1 Å². The van der Waals surface area contributed by atoms with Crippen LogP contribution < -0.4 is 0 Å². The summed E-state index contributed by atoms with van der Waals surface area (Å²) in [6.45, 7) is 2.00. The van der Waals surface area contributed by atoms with Gasteiger partial charge in [-0.05, 0) is 30.5 Å². The number of hydrogen-bond acceptors (Lipinski definition) is 5. The van der Waals surface area contributed by atoms with E-state index in [0.29, 0.717) is 12.0 Å². The van der Waals surface area contributed by atoms with Crippen LogP contribution in [-0.2, 0) is 27.1 Å². The minimum Gasteiger partial charge on any atom is -0.469 e. The molecule has 0 saturated carbocycles. The molecule has 0 saturated heterocycles. The van der Waals surface area contributed by atoms with E-state index in [4.69, 9.17) is 10.00 Å². The molecule has 0 aromatic heterocycles. The van der Waals surface area contributed by atoms with Crippen molar-refractivity contribution >= 4 is 11.9 Å². The number of methoxy groups -OCH3 is 1. The van der Waals surface area contributed by atoms with Crippen molar-refractivity contribution in [3.63, 3.8) is 0 Å². The van der Waals surface area contributed by atoms with Crippen LogP contribution in [0.25, 0.3) is 0 Å². The third kappa shape index (κ3) is 4.39. The molecule has 0 N–H and O–H groups in total. The Labute approximate surface area is 118 Å². The molecule has 0 aliphatic heterocycles. The molecule has 1 rings (SSSR count). The summed E-state index contributed by atoms with van der Waals surface area (Å²) in [5.41, 5.74) is 1.87. The van der Waals surface area contributed by atoms with E-state index in [9.17, 15) is 9.59 Å². The molecule has 0 amide bonds. The molecule has 0 bridgehead atoms. The molecular formula is C15H17NO4. The number of carbonyl (C=O) groups is 2. The van der Waals surface area contributed by atoms with Gasteiger partial charge >= 0.3 is 11.9 Å². The van der Waals surface area contributed by atoms with Gasteiger partial charge in [-0.2, -0.15) is 5.26 Å². The molecule has 5 nitrogen and oxygen atoms in total. The molecule has 106 valence electrons. The summed E-state index contributed by atoms with van der Waals surface area (Å²) in [4.78, 5) is 23.1. The number of carbonyl (C=O) groups excluding carboxylic acids is 2. The van der Waals surface area contributed by atoms with Gasteiger partial charge in [-0.25, -0.2) is 4.79 Å². The normalized spacial score (nSPS) is 9.65. The Kier molecular flexibility index (Phi) is 6.24. The fourth-order valence-corrected chi connectivity index (χ4v) is 1.78. The Morgan fingerprint density at radius 3 is 2.70 bits per heavy atom. The number of hydrogen-bond donors (Lipinski definition) is 0. The summed E-state index contributed by atoms with van der Waals surface area (Å²) in [7, 11) is 1.32. The zero-order valence-electron chi connectivity index (χ0n) is 11.6. The highest BCUT2D eigenvalue weighted by Crippen LogP contribution is 2.16. The minimum absolute atomic E-state index is 0.195. The van der Waals surface area contributed by atoms with E-state index in [2.05, 4.69) is 4.74 Å². The average molecular weight is 275 g/mol. The van der Waals surface area contributed by atoms with Crippen molar-refractivity contribution in [2.75, 3.05) is 13.7 Å². The van der Waals surface area contributed by atoms with Gasteiger partial charge in [0.2, 0.25) is 0 Å². The Bertz CT molecular complexity index is 531. The number of aryl methyl sites for hydroxylation is 1. The standard InChI is InChI=1S/C15H17NO4/c1-3-20-15(18)13-10-11(8-9-16)4-5-12(13)6-7-14(17)19-2/h4-5,10H,3,6-8H2,1-2H3. The van der Waals surface area contributed by atoms with Gasteiger partial charge in [0.05, 0.1) is 31.8 Å². The average Bonchev–Trinajstić information content (AvgIpc) is 2.46. The molecule has 0 radical (unpaired) electrons. The lowest BCUT2D eigenvalue weighted by Crippen LogP contribution is -2.10.